The highest BCUT2D eigenvalue weighted by atomic mass is 19.1. The van der Waals surface area contributed by atoms with Crippen LogP contribution in [-0.4, -0.2) is 47.3 Å². The van der Waals surface area contributed by atoms with Crippen molar-refractivity contribution in [3.8, 4) is 11.8 Å². The Hall–Kier alpha value is -1.90. The van der Waals surface area contributed by atoms with Crippen LogP contribution in [0.2, 0.25) is 0 Å². The average Bonchev–Trinajstić information content (AvgIpc) is 2.42. The molecule has 0 spiro atoms. The minimum absolute atomic E-state index is 0.237. The average molecular weight is 291 g/mol. The van der Waals surface area contributed by atoms with Crippen LogP contribution in [0.1, 0.15) is 28.8 Å². The van der Waals surface area contributed by atoms with Crippen LogP contribution in [0.15, 0.2) is 18.2 Å². The summed E-state index contributed by atoms with van der Waals surface area (Å²) in [6.07, 6.45) is 1.16. The van der Waals surface area contributed by atoms with Crippen molar-refractivity contribution in [1.29, 1.82) is 0 Å². The van der Waals surface area contributed by atoms with Gasteiger partial charge < -0.3 is 15.1 Å². The Morgan fingerprint density at radius 2 is 2.19 bits per heavy atom. The number of rotatable bonds is 3. The summed E-state index contributed by atoms with van der Waals surface area (Å²) in [6, 6.07) is 3.82. The summed E-state index contributed by atoms with van der Waals surface area (Å²) in [7, 11) is 1.68. The normalized spacial score (nSPS) is 20.2. The van der Waals surface area contributed by atoms with Gasteiger partial charge in [0.15, 0.2) is 0 Å². The van der Waals surface area contributed by atoms with Crippen molar-refractivity contribution < 1.29 is 19.4 Å². The molecule has 1 saturated carbocycles. The van der Waals surface area contributed by atoms with Crippen molar-refractivity contribution in [2.45, 2.75) is 18.9 Å². The van der Waals surface area contributed by atoms with Gasteiger partial charge in [-0.25, -0.2) is 4.39 Å². The lowest BCUT2D eigenvalue weighted by atomic mass is 9.82. The lowest BCUT2D eigenvalue weighted by molar-refractivity contribution is 0.0265. The first kappa shape index (κ1) is 15.5. The zero-order valence-corrected chi connectivity index (χ0v) is 11.8. The first-order valence-electron chi connectivity index (χ1n) is 6.84. The quantitative estimate of drug-likeness (QED) is 0.817. The molecule has 0 heterocycles. The number of aliphatic hydroxyl groups is 2. The van der Waals surface area contributed by atoms with Crippen LogP contribution in [0.4, 0.5) is 4.39 Å². The van der Waals surface area contributed by atoms with Crippen molar-refractivity contribution in [1.82, 2.24) is 4.90 Å². The summed E-state index contributed by atoms with van der Waals surface area (Å²) in [4.78, 5) is 14.0. The molecule has 0 bridgehead atoms. The zero-order valence-electron chi connectivity index (χ0n) is 11.8. The molecule has 21 heavy (non-hydrogen) atoms. The number of amides is 1. The van der Waals surface area contributed by atoms with Crippen LogP contribution in [0, 0.1) is 23.6 Å². The van der Waals surface area contributed by atoms with Crippen LogP contribution in [0.25, 0.3) is 0 Å². The third-order valence-corrected chi connectivity index (χ3v) is 3.60. The maximum atomic E-state index is 13.3. The largest absolute Gasteiger partial charge is 0.393 e. The van der Waals surface area contributed by atoms with Crippen molar-refractivity contribution in [2.75, 3.05) is 20.2 Å². The van der Waals surface area contributed by atoms with Crippen molar-refractivity contribution in [2.24, 2.45) is 5.92 Å². The Labute approximate surface area is 123 Å². The predicted molar refractivity (Wildman–Crippen MR) is 76.1 cm³/mol. The zero-order chi connectivity index (χ0) is 15.4. The van der Waals surface area contributed by atoms with Gasteiger partial charge in [0.05, 0.1) is 11.7 Å². The van der Waals surface area contributed by atoms with Gasteiger partial charge in [0, 0.05) is 19.2 Å². The Morgan fingerprint density at radius 1 is 1.48 bits per heavy atom. The molecule has 0 saturated heterocycles. The van der Waals surface area contributed by atoms with Crippen LogP contribution in [0.3, 0.4) is 0 Å². The minimum atomic E-state index is -0.474. The van der Waals surface area contributed by atoms with E-state index in [1.165, 1.54) is 18.2 Å². The third kappa shape index (κ3) is 3.81. The van der Waals surface area contributed by atoms with E-state index in [0.717, 1.165) is 0 Å². The topological polar surface area (TPSA) is 60.8 Å². The fourth-order valence-electron chi connectivity index (χ4n) is 2.47. The summed E-state index contributed by atoms with van der Waals surface area (Å²) in [5, 5.41) is 18.0. The Balaban J connectivity index is 2.14. The molecular weight excluding hydrogens is 273 g/mol. The molecule has 1 aromatic carbocycles. The van der Waals surface area contributed by atoms with Crippen molar-refractivity contribution >= 4 is 5.91 Å². The number of carbonyl (C=O) groups is 1. The minimum Gasteiger partial charge on any atom is -0.393 e. The molecule has 0 unspecified atom stereocenters. The van der Waals surface area contributed by atoms with Crippen LogP contribution in [0.5, 0.6) is 0 Å². The van der Waals surface area contributed by atoms with E-state index in [9.17, 15) is 14.3 Å². The number of halogens is 1. The lowest BCUT2D eigenvalue weighted by Gasteiger charge is -2.34. The molecule has 112 valence electrons. The summed E-state index contributed by atoms with van der Waals surface area (Å²) >= 11 is 0. The van der Waals surface area contributed by atoms with Gasteiger partial charge >= 0.3 is 0 Å². The number of hydrogen-bond acceptors (Lipinski definition) is 3. The molecule has 0 atom stereocenters. The summed E-state index contributed by atoms with van der Waals surface area (Å²) in [6.45, 7) is 0.208. The van der Waals surface area contributed by atoms with Gasteiger partial charge in [-0.3, -0.25) is 4.79 Å². The molecule has 2 N–H and O–H groups in total. The summed E-state index contributed by atoms with van der Waals surface area (Å²) in [5.74, 6) is 4.63. The molecule has 1 aliphatic rings. The fraction of sp³-hybridized carbons (Fsp3) is 0.438. The Morgan fingerprint density at radius 3 is 2.81 bits per heavy atom. The van der Waals surface area contributed by atoms with Gasteiger partial charge in [-0.05, 0) is 37.0 Å². The number of benzene rings is 1. The molecule has 0 aliphatic heterocycles. The second-order valence-corrected chi connectivity index (χ2v) is 5.33. The lowest BCUT2D eigenvalue weighted by Crippen LogP contribution is -2.39. The highest BCUT2D eigenvalue weighted by Crippen LogP contribution is 2.28. The standard InChI is InChI=1S/C16H18FNO3/c1-18(10-11-7-14(20)8-11)16(21)15-5-4-13(17)9-12(15)3-2-6-19/h4-5,9,11,14,19-20H,6-8,10H2,1H3. The van der Waals surface area contributed by atoms with E-state index in [2.05, 4.69) is 11.8 Å². The highest BCUT2D eigenvalue weighted by molar-refractivity contribution is 5.96. The predicted octanol–water partition coefficient (Wildman–Crippen LogP) is 1.01. The van der Waals surface area contributed by atoms with E-state index in [1.54, 1.807) is 11.9 Å². The maximum absolute atomic E-state index is 13.3. The van der Waals surface area contributed by atoms with Crippen molar-refractivity contribution in [3.63, 3.8) is 0 Å². The molecule has 0 radical (unpaired) electrons. The second-order valence-electron chi connectivity index (χ2n) is 5.33. The van der Waals surface area contributed by atoms with E-state index in [0.29, 0.717) is 30.9 Å². The molecule has 1 aliphatic carbocycles. The smallest absolute Gasteiger partial charge is 0.254 e. The first-order valence-corrected chi connectivity index (χ1v) is 6.84. The monoisotopic (exact) mass is 291 g/mol. The van der Waals surface area contributed by atoms with Crippen LogP contribution in [-0.2, 0) is 0 Å². The Bertz CT molecular complexity index is 585. The van der Waals surface area contributed by atoms with E-state index >= 15 is 0 Å². The molecule has 0 aromatic heterocycles. The molecule has 4 nitrogen and oxygen atoms in total. The van der Waals surface area contributed by atoms with E-state index in [-0.39, 0.29) is 24.2 Å². The molecule has 1 amide bonds. The Kier molecular flexibility index (Phi) is 4.94. The highest BCUT2D eigenvalue weighted by Gasteiger charge is 2.29. The number of nitrogens with zero attached hydrogens (tertiary/aromatic N) is 1. The number of carbonyl (C=O) groups excluding carboxylic acids is 1. The van der Waals surface area contributed by atoms with Gasteiger partial charge in [-0.2, -0.15) is 0 Å². The molecule has 5 heteroatoms. The SMILES string of the molecule is CN(CC1CC(O)C1)C(=O)c1ccc(F)cc1C#CCO. The van der Waals surface area contributed by atoms with Gasteiger partial charge in [0.2, 0.25) is 0 Å². The molecule has 1 aromatic rings. The molecule has 2 rings (SSSR count). The van der Waals surface area contributed by atoms with Gasteiger partial charge in [0.25, 0.3) is 5.91 Å². The van der Waals surface area contributed by atoms with Gasteiger partial charge in [-0.1, -0.05) is 11.8 Å². The molecule has 1 fully saturated rings. The summed E-state index contributed by atoms with van der Waals surface area (Å²) < 4.78 is 13.3. The van der Waals surface area contributed by atoms with E-state index in [1.807, 2.05) is 0 Å². The fourth-order valence-corrected chi connectivity index (χ4v) is 2.47. The number of hydrogen-bond donors (Lipinski definition) is 2. The first-order chi connectivity index (χ1) is 10.0. The third-order valence-electron chi connectivity index (χ3n) is 3.60. The van der Waals surface area contributed by atoms with Crippen LogP contribution >= 0.6 is 0 Å². The van der Waals surface area contributed by atoms with Gasteiger partial charge in [0.1, 0.15) is 12.4 Å². The van der Waals surface area contributed by atoms with Crippen molar-refractivity contribution in [3.05, 3.63) is 35.1 Å². The molecular formula is C16H18FNO3. The second kappa shape index (κ2) is 6.70. The summed E-state index contributed by atoms with van der Waals surface area (Å²) in [5.41, 5.74) is 0.592. The van der Waals surface area contributed by atoms with E-state index < -0.39 is 5.82 Å². The van der Waals surface area contributed by atoms with Crippen LogP contribution < -0.4 is 0 Å². The van der Waals surface area contributed by atoms with Gasteiger partial charge in [-0.15, -0.1) is 0 Å². The number of aliphatic hydroxyl groups excluding tert-OH is 2. The maximum Gasteiger partial charge on any atom is 0.254 e. The van der Waals surface area contributed by atoms with E-state index in [4.69, 9.17) is 5.11 Å².